The van der Waals surface area contributed by atoms with E-state index in [1.165, 1.54) is 26.2 Å². The van der Waals surface area contributed by atoms with Crippen LogP contribution in [0.15, 0.2) is 24.3 Å². The average molecular weight is 374 g/mol. The lowest BCUT2D eigenvalue weighted by Gasteiger charge is -2.07. The summed E-state index contributed by atoms with van der Waals surface area (Å²) in [6, 6.07) is 6.19. The smallest absolute Gasteiger partial charge is 0.435 e. The van der Waals surface area contributed by atoms with E-state index in [1.807, 2.05) is 0 Å². The minimum Gasteiger partial charge on any atom is -0.496 e. The number of thiazole rings is 1. The number of hydrogen-bond donors (Lipinski definition) is 1. The number of alkyl halides is 3. The first-order chi connectivity index (χ1) is 11.8. The number of hydrogen-bond acceptors (Lipinski definition) is 6. The number of halogens is 3. The molecular formula is C15H13F3N2O4S. The number of esters is 1. The molecule has 1 amide bonds. The molecular weight excluding hydrogens is 361 g/mol. The lowest BCUT2D eigenvalue weighted by atomic mass is 10.2. The van der Waals surface area contributed by atoms with Gasteiger partial charge in [-0.15, -0.1) is 0 Å². The lowest BCUT2D eigenvalue weighted by molar-refractivity contribution is -0.141. The number of carbonyl (C=O) groups excluding carboxylic acids is 2. The fraction of sp³-hybridized carbons (Fsp3) is 0.267. The highest BCUT2D eigenvalue weighted by atomic mass is 32.1. The van der Waals surface area contributed by atoms with Crippen molar-refractivity contribution in [1.82, 2.24) is 4.98 Å². The molecule has 0 aliphatic rings. The molecule has 0 atom stereocenters. The molecule has 0 spiro atoms. The van der Waals surface area contributed by atoms with Crippen molar-refractivity contribution >= 4 is 28.3 Å². The van der Waals surface area contributed by atoms with Crippen LogP contribution >= 0.6 is 11.3 Å². The summed E-state index contributed by atoms with van der Waals surface area (Å²) in [5, 5.41) is 1.87. The number of anilines is 1. The quantitative estimate of drug-likeness (QED) is 0.809. The maximum Gasteiger partial charge on any atom is 0.435 e. The molecule has 0 radical (unpaired) electrons. The Morgan fingerprint density at radius 2 is 1.96 bits per heavy atom. The Morgan fingerprint density at radius 1 is 1.28 bits per heavy atom. The normalized spacial score (nSPS) is 11.1. The first kappa shape index (κ1) is 18.7. The number of amides is 1. The highest BCUT2D eigenvalue weighted by Crippen LogP contribution is 2.36. The summed E-state index contributed by atoms with van der Waals surface area (Å²) in [4.78, 5) is 26.5. The maximum absolute atomic E-state index is 13.0. The van der Waals surface area contributed by atoms with Gasteiger partial charge in [0.25, 0.3) is 5.91 Å². The van der Waals surface area contributed by atoms with Crippen LogP contribution in [0.3, 0.4) is 0 Å². The van der Waals surface area contributed by atoms with Crippen LogP contribution in [0.5, 0.6) is 5.75 Å². The van der Waals surface area contributed by atoms with Gasteiger partial charge in [-0.1, -0.05) is 23.5 Å². The highest BCUT2D eigenvalue weighted by Gasteiger charge is 2.40. The van der Waals surface area contributed by atoms with E-state index in [0.29, 0.717) is 11.3 Å². The molecule has 2 aromatic rings. The van der Waals surface area contributed by atoms with Crippen LogP contribution in [-0.4, -0.2) is 30.6 Å². The molecule has 1 aromatic carbocycles. The van der Waals surface area contributed by atoms with E-state index in [9.17, 15) is 22.8 Å². The lowest BCUT2D eigenvalue weighted by Crippen LogP contribution is -2.15. The second-order valence-electron chi connectivity index (χ2n) is 4.57. The summed E-state index contributed by atoms with van der Waals surface area (Å²) < 4.78 is 48.8. The molecule has 1 N–H and O–H groups in total. The molecule has 2 rings (SSSR count). The zero-order valence-electron chi connectivity index (χ0n) is 13.1. The van der Waals surface area contributed by atoms with Crippen LogP contribution in [0.2, 0.25) is 0 Å². The monoisotopic (exact) mass is 374 g/mol. The number of para-hydroxylation sites is 1. The molecule has 1 heterocycles. The van der Waals surface area contributed by atoms with Gasteiger partial charge in [0.15, 0.2) is 10.8 Å². The first-order valence-corrected chi connectivity index (χ1v) is 7.79. The van der Waals surface area contributed by atoms with Crippen molar-refractivity contribution < 1.29 is 32.2 Å². The van der Waals surface area contributed by atoms with Crippen LogP contribution in [0.1, 0.15) is 32.6 Å². The molecule has 1 aromatic heterocycles. The average Bonchev–Trinajstić information content (AvgIpc) is 2.99. The van der Waals surface area contributed by atoms with E-state index in [-0.39, 0.29) is 23.1 Å². The Bertz CT molecular complexity index is 789. The van der Waals surface area contributed by atoms with Gasteiger partial charge in [0.05, 0.1) is 19.3 Å². The van der Waals surface area contributed by atoms with E-state index >= 15 is 0 Å². The van der Waals surface area contributed by atoms with Crippen LogP contribution in [0.25, 0.3) is 0 Å². The molecule has 10 heteroatoms. The molecule has 0 unspecified atom stereocenters. The zero-order valence-corrected chi connectivity index (χ0v) is 14.0. The second-order valence-corrected chi connectivity index (χ2v) is 5.57. The SMILES string of the molecule is CCOC(=O)c1sc(NC(=O)c2ccccc2OC)nc1C(F)(F)F. The molecule has 0 bridgehead atoms. The zero-order chi connectivity index (χ0) is 18.6. The van der Waals surface area contributed by atoms with Crippen LogP contribution in [0, 0.1) is 0 Å². The van der Waals surface area contributed by atoms with Crippen molar-refractivity contribution in [2.45, 2.75) is 13.1 Å². The van der Waals surface area contributed by atoms with Crippen molar-refractivity contribution in [3.05, 3.63) is 40.4 Å². The van der Waals surface area contributed by atoms with Gasteiger partial charge in [0, 0.05) is 0 Å². The number of rotatable bonds is 5. The van der Waals surface area contributed by atoms with Crippen molar-refractivity contribution in [1.29, 1.82) is 0 Å². The largest absolute Gasteiger partial charge is 0.496 e. The van der Waals surface area contributed by atoms with Crippen LogP contribution in [0.4, 0.5) is 18.3 Å². The van der Waals surface area contributed by atoms with Crippen molar-refractivity contribution in [3.8, 4) is 5.75 Å². The maximum atomic E-state index is 13.0. The number of carbonyl (C=O) groups is 2. The van der Waals surface area contributed by atoms with Gasteiger partial charge < -0.3 is 9.47 Å². The minimum absolute atomic E-state index is 0.0864. The highest BCUT2D eigenvalue weighted by molar-refractivity contribution is 7.17. The van der Waals surface area contributed by atoms with Crippen LogP contribution in [-0.2, 0) is 10.9 Å². The van der Waals surface area contributed by atoms with Gasteiger partial charge in [-0.25, -0.2) is 9.78 Å². The van der Waals surface area contributed by atoms with Crippen molar-refractivity contribution in [3.63, 3.8) is 0 Å². The first-order valence-electron chi connectivity index (χ1n) is 6.97. The summed E-state index contributed by atoms with van der Waals surface area (Å²) in [5.74, 6) is -1.61. The minimum atomic E-state index is -4.86. The Kier molecular flexibility index (Phi) is 5.62. The number of aromatic nitrogens is 1. The second kappa shape index (κ2) is 7.51. The van der Waals surface area contributed by atoms with E-state index in [4.69, 9.17) is 4.74 Å². The third-order valence-corrected chi connectivity index (χ3v) is 3.88. The standard InChI is InChI=1S/C15H13F3N2O4S/c1-3-24-13(22)10-11(15(16,17)18)19-14(25-10)20-12(21)8-6-4-5-7-9(8)23-2/h4-7H,3H2,1-2H3,(H,19,20,21). The molecule has 0 aliphatic heterocycles. The summed E-state index contributed by atoms with van der Waals surface area (Å²) >= 11 is 0.392. The van der Waals surface area contributed by atoms with Gasteiger partial charge in [-0.05, 0) is 19.1 Å². The van der Waals surface area contributed by atoms with Crippen molar-refractivity contribution in [2.75, 3.05) is 19.0 Å². The third kappa shape index (κ3) is 4.27. The molecule has 25 heavy (non-hydrogen) atoms. The predicted molar refractivity (Wildman–Crippen MR) is 84.0 cm³/mol. The van der Waals surface area contributed by atoms with E-state index in [2.05, 4.69) is 15.0 Å². The molecule has 0 fully saturated rings. The Hall–Kier alpha value is -2.62. The van der Waals surface area contributed by atoms with Crippen molar-refractivity contribution in [2.24, 2.45) is 0 Å². The van der Waals surface area contributed by atoms with Gasteiger partial charge in [-0.2, -0.15) is 13.2 Å². The van der Waals surface area contributed by atoms with Gasteiger partial charge in [-0.3, -0.25) is 10.1 Å². The van der Waals surface area contributed by atoms with Gasteiger partial charge in [0.1, 0.15) is 10.6 Å². The Balaban J connectivity index is 2.34. The van der Waals surface area contributed by atoms with E-state index < -0.39 is 28.6 Å². The number of benzene rings is 1. The topological polar surface area (TPSA) is 77.5 Å². The van der Waals surface area contributed by atoms with Gasteiger partial charge >= 0.3 is 12.1 Å². The molecule has 6 nitrogen and oxygen atoms in total. The molecule has 134 valence electrons. The number of methoxy groups -OCH3 is 1. The fourth-order valence-electron chi connectivity index (χ4n) is 1.90. The van der Waals surface area contributed by atoms with E-state index in [1.54, 1.807) is 12.1 Å². The van der Waals surface area contributed by atoms with E-state index in [0.717, 1.165) is 0 Å². The summed E-state index contributed by atoms with van der Waals surface area (Å²) in [7, 11) is 1.36. The Labute approximate surface area is 144 Å². The number of ether oxygens (including phenoxy) is 2. The summed E-state index contributed by atoms with van der Waals surface area (Å²) in [5.41, 5.74) is -1.28. The van der Waals surface area contributed by atoms with Crippen LogP contribution < -0.4 is 10.1 Å². The summed E-state index contributed by atoms with van der Waals surface area (Å²) in [6.45, 7) is 1.38. The molecule has 0 saturated heterocycles. The number of nitrogens with one attached hydrogen (secondary N) is 1. The summed E-state index contributed by atoms with van der Waals surface area (Å²) in [6.07, 6.45) is -4.86. The Morgan fingerprint density at radius 3 is 2.56 bits per heavy atom. The number of nitrogens with zero attached hydrogens (tertiary/aromatic N) is 1. The molecule has 0 aliphatic carbocycles. The fourth-order valence-corrected chi connectivity index (χ4v) is 2.77. The molecule has 0 saturated carbocycles. The predicted octanol–water partition coefficient (Wildman–Crippen LogP) is 3.60. The van der Waals surface area contributed by atoms with Gasteiger partial charge in [0.2, 0.25) is 0 Å². The third-order valence-electron chi connectivity index (χ3n) is 2.93.